The van der Waals surface area contributed by atoms with E-state index < -0.39 is 10.0 Å². The van der Waals surface area contributed by atoms with Gasteiger partial charge in [0.05, 0.1) is 4.90 Å². The zero-order chi connectivity index (χ0) is 19.9. The van der Waals surface area contributed by atoms with E-state index in [0.717, 1.165) is 12.1 Å². The molecule has 2 rings (SSSR count). The third kappa shape index (κ3) is 6.32. The van der Waals surface area contributed by atoms with Crippen LogP contribution in [0.3, 0.4) is 0 Å². The number of carbonyl (C=O) groups excluding carboxylic acids is 1. The fourth-order valence-corrected chi connectivity index (χ4v) is 3.45. The van der Waals surface area contributed by atoms with Crippen LogP contribution in [0.2, 0.25) is 0 Å². The van der Waals surface area contributed by atoms with E-state index in [1.54, 1.807) is 0 Å². The van der Waals surface area contributed by atoms with Gasteiger partial charge in [0.2, 0.25) is 10.0 Å². The Labute approximate surface area is 161 Å². The lowest BCUT2D eigenvalue weighted by molar-refractivity contribution is 0.0951. The number of hydrogen-bond acceptors (Lipinski definition) is 4. The summed E-state index contributed by atoms with van der Waals surface area (Å²) in [5, 5.41) is 2.84. The Morgan fingerprint density at radius 3 is 2.19 bits per heavy atom. The van der Waals surface area contributed by atoms with Gasteiger partial charge in [-0.05, 0) is 49.5 Å². The molecule has 0 spiro atoms. The Morgan fingerprint density at radius 1 is 1.04 bits per heavy atom. The van der Waals surface area contributed by atoms with Gasteiger partial charge in [0.25, 0.3) is 5.91 Å². The minimum atomic E-state index is -3.59. The molecule has 0 aliphatic heterocycles. The number of carbonyl (C=O) groups is 1. The maximum Gasteiger partial charge on any atom is 0.251 e. The standard InChI is InChI=1S/C20H25N3O3S/c1-4-13-22-27(25,26)19-11-9-18(10-12-19)20(24)21-14-16-5-7-17(8-6-16)15-23(2)3/h4-12,22H,1,13-15H2,2-3H3,(H,21,24). The van der Waals surface area contributed by atoms with Gasteiger partial charge in [-0.25, -0.2) is 13.1 Å². The maximum atomic E-state index is 12.3. The van der Waals surface area contributed by atoms with Crippen LogP contribution in [0.25, 0.3) is 0 Å². The van der Waals surface area contributed by atoms with E-state index in [1.807, 2.05) is 38.4 Å². The molecule has 0 unspecified atom stereocenters. The molecule has 0 saturated carbocycles. The normalized spacial score (nSPS) is 11.4. The summed E-state index contributed by atoms with van der Waals surface area (Å²) in [4.78, 5) is 14.5. The molecule has 0 saturated heterocycles. The molecule has 2 aromatic carbocycles. The quantitative estimate of drug-likeness (QED) is 0.646. The third-order valence-corrected chi connectivity index (χ3v) is 5.26. The highest BCUT2D eigenvalue weighted by Crippen LogP contribution is 2.11. The van der Waals surface area contributed by atoms with Crippen LogP contribution < -0.4 is 10.0 Å². The molecule has 7 heteroatoms. The van der Waals surface area contributed by atoms with Crippen molar-refractivity contribution in [3.8, 4) is 0 Å². The van der Waals surface area contributed by atoms with Gasteiger partial charge >= 0.3 is 0 Å². The highest BCUT2D eigenvalue weighted by atomic mass is 32.2. The average Bonchev–Trinajstić information content (AvgIpc) is 2.65. The van der Waals surface area contributed by atoms with Crippen molar-refractivity contribution in [2.24, 2.45) is 0 Å². The van der Waals surface area contributed by atoms with Crippen LogP contribution in [0.1, 0.15) is 21.5 Å². The van der Waals surface area contributed by atoms with Crippen LogP contribution in [0.4, 0.5) is 0 Å². The Balaban J connectivity index is 1.95. The van der Waals surface area contributed by atoms with Gasteiger partial charge in [-0.15, -0.1) is 6.58 Å². The summed E-state index contributed by atoms with van der Waals surface area (Å²) >= 11 is 0. The van der Waals surface area contributed by atoms with Gasteiger partial charge in [-0.2, -0.15) is 0 Å². The van der Waals surface area contributed by atoms with Gasteiger partial charge in [0, 0.05) is 25.2 Å². The monoisotopic (exact) mass is 387 g/mol. The van der Waals surface area contributed by atoms with Gasteiger partial charge in [-0.3, -0.25) is 4.79 Å². The average molecular weight is 388 g/mol. The number of benzene rings is 2. The molecule has 2 N–H and O–H groups in total. The van der Waals surface area contributed by atoms with Crippen LogP contribution in [0.5, 0.6) is 0 Å². The van der Waals surface area contributed by atoms with Crippen molar-refractivity contribution in [2.45, 2.75) is 18.0 Å². The first kappa shape index (κ1) is 20.8. The molecule has 27 heavy (non-hydrogen) atoms. The fourth-order valence-electron chi connectivity index (χ4n) is 2.45. The molecule has 2 aromatic rings. The molecule has 0 heterocycles. The lowest BCUT2D eigenvalue weighted by atomic mass is 10.1. The third-order valence-electron chi connectivity index (χ3n) is 3.82. The van der Waals surface area contributed by atoms with Crippen LogP contribution in [0.15, 0.2) is 66.1 Å². The van der Waals surface area contributed by atoms with Crippen molar-refractivity contribution < 1.29 is 13.2 Å². The predicted molar refractivity (Wildman–Crippen MR) is 107 cm³/mol. The zero-order valence-corrected chi connectivity index (χ0v) is 16.4. The molecule has 144 valence electrons. The molecule has 0 radical (unpaired) electrons. The summed E-state index contributed by atoms with van der Waals surface area (Å²) in [7, 11) is 0.439. The van der Waals surface area contributed by atoms with Crippen molar-refractivity contribution >= 4 is 15.9 Å². The Bertz CT molecular complexity index is 874. The van der Waals surface area contributed by atoms with Crippen LogP contribution in [0, 0.1) is 0 Å². The number of rotatable bonds is 9. The van der Waals surface area contributed by atoms with Crippen molar-refractivity contribution in [3.05, 3.63) is 77.9 Å². The number of nitrogens with one attached hydrogen (secondary N) is 2. The molecular weight excluding hydrogens is 362 g/mol. The first-order valence-corrected chi connectivity index (χ1v) is 10.0. The van der Waals surface area contributed by atoms with Gasteiger partial charge in [-0.1, -0.05) is 30.3 Å². The summed E-state index contributed by atoms with van der Waals surface area (Å²) < 4.78 is 26.4. The van der Waals surface area contributed by atoms with E-state index >= 15 is 0 Å². The van der Waals surface area contributed by atoms with Crippen molar-refractivity contribution in [2.75, 3.05) is 20.6 Å². The molecular formula is C20H25N3O3S. The minimum Gasteiger partial charge on any atom is -0.348 e. The van der Waals surface area contributed by atoms with E-state index in [0.29, 0.717) is 12.1 Å². The zero-order valence-electron chi connectivity index (χ0n) is 15.6. The minimum absolute atomic E-state index is 0.109. The topological polar surface area (TPSA) is 78.5 Å². The van der Waals surface area contributed by atoms with Crippen molar-refractivity contribution in [3.63, 3.8) is 0 Å². The van der Waals surface area contributed by atoms with E-state index in [1.165, 1.54) is 35.9 Å². The maximum absolute atomic E-state index is 12.3. The second-order valence-corrected chi connectivity index (χ2v) is 8.17. The fraction of sp³-hybridized carbons (Fsp3) is 0.250. The molecule has 6 nitrogen and oxygen atoms in total. The number of sulfonamides is 1. The summed E-state index contributed by atoms with van der Waals surface area (Å²) in [5.41, 5.74) is 2.61. The highest BCUT2D eigenvalue weighted by molar-refractivity contribution is 7.89. The second-order valence-electron chi connectivity index (χ2n) is 6.40. The number of nitrogens with zero attached hydrogens (tertiary/aromatic N) is 1. The van der Waals surface area contributed by atoms with E-state index in [-0.39, 0.29) is 17.3 Å². The molecule has 0 atom stereocenters. The van der Waals surface area contributed by atoms with Gasteiger partial charge < -0.3 is 10.2 Å². The Hall–Kier alpha value is -2.48. The molecule has 0 aliphatic rings. The van der Waals surface area contributed by atoms with Crippen molar-refractivity contribution in [1.82, 2.24) is 14.9 Å². The lowest BCUT2D eigenvalue weighted by Gasteiger charge is -2.11. The molecule has 0 fully saturated rings. The largest absolute Gasteiger partial charge is 0.348 e. The van der Waals surface area contributed by atoms with E-state index in [2.05, 4.69) is 21.5 Å². The summed E-state index contributed by atoms with van der Waals surface area (Å²) in [5.74, 6) is -0.254. The Morgan fingerprint density at radius 2 is 1.63 bits per heavy atom. The van der Waals surface area contributed by atoms with E-state index in [9.17, 15) is 13.2 Å². The highest BCUT2D eigenvalue weighted by Gasteiger charge is 2.13. The van der Waals surface area contributed by atoms with Gasteiger partial charge in [0.1, 0.15) is 0 Å². The van der Waals surface area contributed by atoms with Crippen LogP contribution in [-0.4, -0.2) is 39.9 Å². The van der Waals surface area contributed by atoms with Crippen LogP contribution >= 0.6 is 0 Å². The summed E-state index contributed by atoms with van der Waals surface area (Å²) in [6, 6.07) is 13.9. The summed E-state index contributed by atoms with van der Waals surface area (Å²) in [6.45, 7) is 4.90. The SMILES string of the molecule is C=CCNS(=O)(=O)c1ccc(C(=O)NCc2ccc(CN(C)C)cc2)cc1. The van der Waals surface area contributed by atoms with Crippen LogP contribution in [-0.2, 0) is 23.1 Å². The predicted octanol–water partition coefficient (Wildman–Crippen LogP) is 2.14. The molecule has 0 aromatic heterocycles. The number of amides is 1. The number of hydrogen-bond donors (Lipinski definition) is 2. The second kappa shape index (κ2) is 9.45. The first-order chi connectivity index (χ1) is 12.8. The molecule has 0 aliphatic carbocycles. The van der Waals surface area contributed by atoms with Crippen molar-refractivity contribution in [1.29, 1.82) is 0 Å². The Kier molecular flexibility index (Phi) is 7.29. The first-order valence-electron chi connectivity index (χ1n) is 8.53. The summed E-state index contributed by atoms with van der Waals surface area (Å²) in [6.07, 6.45) is 1.46. The molecule has 1 amide bonds. The van der Waals surface area contributed by atoms with E-state index in [4.69, 9.17) is 0 Å². The smallest absolute Gasteiger partial charge is 0.251 e. The molecule has 0 bridgehead atoms. The van der Waals surface area contributed by atoms with Gasteiger partial charge in [0.15, 0.2) is 0 Å². The lowest BCUT2D eigenvalue weighted by Crippen LogP contribution is -2.24.